The summed E-state index contributed by atoms with van der Waals surface area (Å²) in [4.78, 5) is 13.8. The van der Waals surface area contributed by atoms with Gasteiger partial charge in [-0.25, -0.2) is 0 Å². The summed E-state index contributed by atoms with van der Waals surface area (Å²) in [7, 11) is 0. The van der Waals surface area contributed by atoms with Crippen molar-refractivity contribution < 1.29 is 4.74 Å². The normalized spacial score (nSPS) is 10.3. The van der Waals surface area contributed by atoms with E-state index in [0.717, 1.165) is 6.42 Å². The van der Waals surface area contributed by atoms with Gasteiger partial charge in [0.1, 0.15) is 0 Å². The maximum Gasteiger partial charge on any atom is 0.290 e. The van der Waals surface area contributed by atoms with Gasteiger partial charge in [-0.2, -0.15) is 0 Å². The van der Waals surface area contributed by atoms with Crippen molar-refractivity contribution in [1.29, 1.82) is 0 Å². The van der Waals surface area contributed by atoms with E-state index in [0.29, 0.717) is 12.4 Å². The van der Waals surface area contributed by atoms with Gasteiger partial charge in [0.15, 0.2) is 5.75 Å². The monoisotopic (exact) mass is 223 g/mol. The second-order valence-corrected chi connectivity index (χ2v) is 3.98. The molecule has 0 aliphatic rings. The molecular weight excluding hydrogens is 202 g/mol. The molecule has 0 aliphatic carbocycles. The van der Waals surface area contributed by atoms with Gasteiger partial charge in [-0.3, -0.25) is 4.79 Å². The fraction of sp³-hybridized carbons (Fsp3) is 0.615. The average molecular weight is 223 g/mol. The third-order valence-corrected chi connectivity index (χ3v) is 2.54. The SMILES string of the molecule is CCCCCCCCOc1ccc[nH]c1=O. The Kier molecular flexibility index (Phi) is 6.38. The van der Waals surface area contributed by atoms with E-state index in [2.05, 4.69) is 11.9 Å². The third kappa shape index (κ3) is 5.01. The molecule has 0 unspecified atom stereocenters. The van der Waals surface area contributed by atoms with Gasteiger partial charge in [0.2, 0.25) is 0 Å². The lowest BCUT2D eigenvalue weighted by atomic mass is 10.1. The Hall–Kier alpha value is -1.25. The molecule has 0 radical (unpaired) electrons. The molecule has 1 N–H and O–H groups in total. The van der Waals surface area contributed by atoms with E-state index in [4.69, 9.17) is 4.74 Å². The highest BCUT2D eigenvalue weighted by atomic mass is 16.5. The summed E-state index contributed by atoms with van der Waals surface area (Å²) in [5.41, 5.74) is -0.145. The van der Waals surface area contributed by atoms with Gasteiger partial charge >= 0.3 is 0 Å². The molecule has 1 aromatic rings. The number of H-pyrrole nitrogens is 1. The molecule has 0 amide bonds. The number of rotatable bonds is 8. The van der Waals surface area contributed by atoms with Crippen LogP contribution in [-0.4, -0.2) is 11.6 Å². The van der Waals surface area contributed by atoms with Gasteiger partial charge in [0, 0.05) is 6.20 Å². The molecule has 0 saturated carbocycles. The number of aromatic nitrogens is 1. The van der Waals surface area contributed by atoms with E-state index >= 15 is 0 Å². The lowest BCUT2D eigenvalue weighted by Crippen LogP contribution is -2.10. The molecule has 1 rings (SSSR count). The van der Waals surface area contributed by atoms with Crippen molar-refractivity contribution in [2.75, 3.05) is 6.61 Å². The van der Waals surface area contributed by atoms with Crippen LogP contribution in [0.15, 0.2) is 23.1 Å². The van der Waals surface area contributed by atoms with Crippen LogP contribution < -0.4 is 10.3 Å². The van der Waals surface area contributed by atoms with Crippen molar-refractivity contribution >= 4 is 0 Å². The van der Waals surface area contributed by atoms with E-state index in [1.165, 1.54) is 32.1 Å². The predicted octanol–water partition coefficient (Wildman–Crippen LogP) is 3.11. The summed E-state index contributed by atoms with van der Waals surface area (Å²) in [6, 6.07) is 3.48. The van der Waals surface area contributed by atoms with E-state index in [1.807, 2.05) is 0 Å². The van der Waals surface area contributed by atoms with Crippen LogP contribution in [0.25, 0.3) is 0 Å². The number of aromatic amines is 1. The summed E-state index contributed by atoms with van der Waals surface area (Å²) in [6.07, 6.45) is 8.99. The minimum atomic E-state index is -0.145. The maximum atomic E-state index is 11.2. The zero-order chi connectivity index (χ0) is 11.6. The van der Waals surface area contributed by atoms with Crippen molar-refractivity contribution in [3.63, 3.8) is 0 Å². The molecule has 0 atom stereocenters. The number of ether oxygens (including phenoxy) is 1. The molecule has 0 bridgehead atoms. The number of nitrogens with one attached hydrogen (secondary N) is 1. The first-order valence-corrected chi connectivity index (χ1v) is 6.15. The van der Waals surface area contributed by atoms with Crippen molar-refractivity contribution in [2.45, 2.75) is 45.4 Å². The van der Waals surface area contributed by atoms with E-state index in [1.54, 1.807) is 18.3 Å². The molecule has 1 heterocycles. The lowest BCUT2D eigenvalue weighted by molar-refractivity contribution is 0.300. The van der Waals surface area contributed by atoms with Crippen molar-refractivity contribution in [3.05, 3.63) is 28.7 Å². The molecule has 90 valence electrons. The summed E-state index contributed by atoms with van der Waals surface area (Å²) in [5, 5.41) is 0. The molecule has 1 aromatic heterocycles. The largest absolute Gasteiger partial charge is 0.488 e. The average Bonchev–Trinajstić information content (AvgIpc) is 2.30. The highest BCUT2D eigenvalue weighted by Crippen LogP contribution is 2.06. The fourth-order valence-corrected chi connectivity index (χ4v) is 1.58. The van der Waals surface area contributed by atoms with E-state index in [-0.39, 0.29) is 5.56 Å². The van der Waals surface area contributed by atoms with Crippen LogP contribution in [0.2, 0.25) is 0 Å². The zero-order valence-corrected chi connectivity index (χ0v) is 10.00. The van der Waals surface area contributed by atoms with E-state index in [9.17, 15) is 4.79 Å². The Morgan fingerprint density at radius 3 is 2.69 bits per heavy atom. The Balaban J connectivity index is 2.08. The number of pyridine rings is 1. The summed E-state index contributed by atoms with van der Waals surface area (Å²) in [6.45, 7) is 2.85. The van der Waals surface area contributed by atoms with Gasteiger partial charge < -0.3 is 9.72 Å². The Labute approximate surface area is 96.8 Å². The number of hydrogen-bond acceptors (Lipinski definition) is 2. The second-order valence-electron chi connectivity index (χ2n) is 3.98. The number of hydrogen-bond donors (Lipinski definition) is 1. The molecule has 0 fully saturated rings. The van der Waals surface area contributed by atoms with Crippen LogP contribution in [0, 0.1) is 0 Å². The zero-order valence-electron chi connectivity index (χ0n) is 10.00. The second kappa shape index (κ2) is 7.97. The Morgan fingerprint density at radius 2 is 1.94 bits per heavy atom. The van der Waals surface area contributed by atoms with E-state index < -0.39 is 0 Å². The molecular formula is C13H21NO2. The van der Waals surface area contributed by atoms with Crippen molar-refractivity contribution in [1.82, 2.24) is 4.98 Å². The Morgan fingerprint density at radius 1 is 1.19 bits per heavy atom. The number of unbranched alkanes of at least 4 members (excludes halogenated alkanes) is 5. The van der Waals surface area contributed by atoms with Crippen LogP contribution in [-0.2, 0) is 0 Å². The molecule has 3 heteroatoms. The van der Waals surface area contributed by atoms with Crippen LogP contribution >= 0.6 is 0 Å². The van der Waals surface area contributed by atoms with Gasteiger partial charge in [-0.15, -0.1) is 0 Å². The fourth-order valence-electron chi connectivity index (χ4n) is 1.58. The van der Waals surface area contributed by atoms with Crippen LogP contribution in [0.3, 0.4) is 0 Å². The molecule has 0 aromatic carbocycles. The quantitative estimate of drug-likeness (QED) is 0.688. The van der Waals surface area contributed by atoms with Gasteiger partial charge in [-0.1, -0.05) is 39.0 Å². The van der Waals surface area contributed by atoms with Crippen LogP contribution in [0.4, 0.5) is 0 Å². The van der Waals surface area contributed by atoms with Crippen molar-refractivity contribution in [3.8, 4) is 5.75 Å². The molecule has 16 heavy (non-hydrogen) atoms. The molecule has 0 spiro atoms. The summed E-state index contributed by atoms with van der Waals surface area (Å²) >= 11 is 0. The van der Waals surface area contributed by atoms with Gasteiger partial charge in [-0.05, 0) is 18.6 Å². The highest BCUT2D eigenvalue weighted by Gasteiger charge is 1.97. The molecule has 0 aliphatic heterocycles. The maximum absolute atomic E-state index is 11.2. The first kappa shape index (κ1) is 12.8. The standard InChI is InChI=1S/C13H21NO2/c1-2-3-4-5-6-7-11-16-12-9-8-10-14-13(12)15/h8-10H,2-7,11H2,1H3,(H,14,15). The van der Waals surface area contributed by atoms with Gasteiger partial charge in [0.05, 0.1) is 6.61 Å². The molecule has 3 nitrogen and oxygen atoms in total. The van der Waals surface area contributed by atoms with Crippen LogP contribution in [0.1, 0.15) is 45.4 Å². The lowest BCUT2D eigenvalue weighted by Gasteiger charge is -2.04. The minimum absolute atomic E-state index is 0.145. The molecule has 0 saturated heterocycles. The third-order valence-electron chi connectivity index (χ3n) is 2.54. The van der Waals surface area contributed by atoms with Crippen LogP contribution in [0.5, 0.6) is 5.75 Å². The summed E-state index contributed by atoms with van der Waals surface area (Å²) < 4.78 is 5.40. The first-order chi connectivity index (χ1) is 7.84. The highest BCUT2D eigenvalue weighted by molar-refractivity contribution is 5.15. The summed E-state index contributed by atoms with van der Waals surface area (Å²) in [5.74, 6) is 0.427. The van der Waals surface area contributed by atoms with Gasteiger partial charge in [0.25, 0.3) is 5.56 Å². The van der Waals surface area contributed by atoms with Crippen molar-refractivity contribution in [2.24, 2.45) is 0 Å². The smallest absolute Gasteiger partial charge is 0.290 e. The minimum Gasteiger partial charge on any atom is -0.488 e. The topological polar surface area (TPSA) is 42.1 Å². The Bertz CT molecular complexity index is 333. The first-order valence-electron chi connectivity index (χ1n) is 6.15. The predicted molar refractivity (Wildman–Crippen MR) is 65.9 cm³/mol.